The summed E-state index contributed by atoms with van der Waals surface area (Å²) in [4.78, 5) is 11.9. The van der Waals surface area contributed by atoms with Gasteiger partial charge in [0, 0.05) is 5.56 Å². The number of carbonyl (C=O) groups is 1. The van der Waals surface area contributed by atoms with Crippen LogP contribution in [0.15, 0.2) is 42.5 Å². The van der Waals surface area contributed by atoms with Crippen LogP contribution in [0.25, 0.3) is 0 Å². The van der Waals surface area contributed by atoms with E-state index in [1.807, 2.05) is 0 Å². The molecule has 0 saturated heterocycles. The van der Waals surface area contributed by atoms with Crippen molar-refractivity contribution < 1.29 is 19.7 Å². The second-order valence-corrected chi connectivity index (χ2v) is 4.17. The first-order valence-electron chi connectivity index (χ1n) is 5.49. The Labute approximate surface area is 103 Å². The number of phenolic OH excluding ortho intramolecular Hbond substituents is 2. The van der Waals surface area contributed by atoms with Crippen LogP contribution < -0.4 is 4.74 Å². The summed E-state index contributed by atoms with van der Waals surface area (Å²) in [5.41, 5.74) is 1.37. The molecule has 90 valence electrons. The summed E-state index contributed by atoms with van der Waals surface area (Å²) in [6.07, 6.45) is 0. The third-order valence-electron chi connectivity index (χ3n) is 2.98. The van der Waals surface area contributed by atoms with E-state index in [1.54, 1.807) is 18.2 Å². The lowest BCUT2D eigenvalue weighted by Crippen LogP contribution is -2.11. The Bertz CT molecular complexity index is 616. The van der Waals surface area contributed by atoms with Crippen LogP contribution in [0.5, 0.6) is 17.2 Å². The molecule has 2 aromatic carbocycles. The molecule has 4 nitrogen and oxygen atoms in total. The molecule has 4 heteroatoms. The van der Waals surface area contributed by atoms with Crippen LogP contribution in [0.4, 0.5) is 0 Å². The van der Waals surface area contributed by atoms with E-state index < -0.39 is 5.92 Å². The quantitative estimate of drug-likeness (QED) is 0.594. The number of carbonyl (C=O) groups excluding carboxylic acids is 1. The van der Waals surface area contributed by atoms with E-state index in [-0.39, 0.29) is 17.5 Å². The van der Waals surface area contributed by atoms with E-state index in [0.29, 0.717) is 11.3 Å². The molecule has 0 radical (unpaired) electrons. The van der Waals surface area contributed by atoms with Gasteiger partial charge in [0.15, 0.2) is 0 Å². The molecule has 3 rings (SSSR count). The molecule has 1 heterocycles. The van der Waals surface area contributed by atoms with Gasteiger partial charge in [-0.1, -0.05) is 12.1 Å². The van der Waals surface area contributed by atoms with Crippen LogP contribution in [-0.2, 0) is 4.79 Å². The van der Waals surface area contributed by atoms with Gasteiger partial charge in [-0.2, -0.15) is 0 Å². The van der Waals surface area contributed by atoms with Crippen molar-refractivity contribution in [2.75, 3.05) is 0 Å². The number of phenols is 2. The summed E-state index contributed by atoms with van der Waals surface area (Å²) < 4.78 is 5.15. The van der Waals surface area contributed by atoms with E-state index >= 15 is 0 Å². The fraction of sp³-hybridized carbons (Fsp3) is 0.0714. The van der Waals surface area contributed by atoms with Crippen molar-refractivity contribution in [2.24, 2.45) is 0 Å². The number of aromatic hydroxyl groups is 2. The lowest BCUT2D eigenvalue weighted by molar-refractivity contribution is -0.133. The first-order chi connectivity index (χ1) is 8.65. The maximum atomic E-state index is 11.9. The van der Waals surface area contributed by atoms with Crippen molar-refractivity contribution in [1.82, 2.24) is 0 Å². The minimum Gasteiger partial charge on any atom is -0.508 e. The minimum atomic E-state index is -0.548. The molecule has 0 saturated carbocycles. The predicted octanol–water partition coefficient (Wildman–Crippen LogP) is 2.15. The monoisotopic (exact) mass is 242 g/mol. The molecule has 0 bridgehead atoms. The maximum Gasteiger partial charge on any atom is 0.323 e. The smallest absolute Gasteiger partial charge is 0.323 e. The van der Waals surface area contributed by atoms with Gasteiger partial charge in [-0.15, -0.1) is 0 Å². The van der Waals surface area contributed by atoms with Crippen molar-refractivity contribution in [3.8, 4) is 17.2 Å². The molecule has 0 amide bonds. The van der Waals surface area contributed by atoms with Gasteiger partial charge < -0.3 is 14.9 Å². The summed E-state index contributed by atoms with van der Waals surface area (Å²) in [5, 5.41) is 18.7. The van der Waals surface area contributed by atoms with Crippen molar-refractivity contribution in [3.05, 3.63) is 53.6 Å². The van der Waals surface area contributed by atoms with Crippen molar-refractivity contribution in [3.63, 3.8) is 0 Å². The van der Waals surface area contributed by atoms with Gasteiger partial charge in [0.25, 0.3) is 0 Å². The zero-order valence-corrected chi connectivity index (χ0v) is 9.33. The van der Waals surface area contributed by atoms with Gasteiger partial charge in [-0.3, -0.25) is 4.79 Å². The Balaban J connectivity index is 2.11. The van der Waals surface area contributed by atoms with E-state index in [2.05, 4.69) is 0 Å². The highest BCUT2D eigenvalue weighted by Crippen LogP contribution is 2.40. The van der Waals surface area contributed by atoms with Crippen molar-refractivity contribution in [2.45, 2.75) is 5.92 Å². The van der Waals surface area contributed by atoms with Crippen LogP contribution in [0.2, 0.25) is 0 Å². The highest BCUT2D eigenvalue weighted by molar-refractivity contribution is 5.89. The fourth-order valence-corrected chi connectivity index (χ4v) is 2.13. The lowest BCUT2D eigenvalue weighted by Gasteiger charge is -2.07. The highest BCUT2D eigenvalue weighted by Gasteiger charge is 2.34. The molecule has 0 aromatic heterocycles. The van der Waals surface area contributed by atoms with E-state index in [9.17, 15) is 15.0 Å². The Morgan fingerprint density at radius 2 is 1.61 bits per heavy atom. The van der Waals surface area contributed by atoms with Crippen molar-refractivity contribution in [1.29, 1.82) is 0 Å². The van der Waals surface area contributed by atoms with Crippen LogP contribution in [0.3, 0.4) is 0 Å². The number of ether oxygens (including phenoxy) is 1. The summed E-state index contributed by atoms with van der Waals surface area (Å²) in [6.45, 7) is 0. The first kappa shape index (κ1) is 10.7. The van der Waals surface area contributed by atoms with Crippen LogP contribution in [-0.4, -0.2) is 16.2 Å². The molecular formula is C14H10O4. The number of rotatable bonds is 1. The Morgan fingerprint density at radius 1 is 0.944 bits per heavy atom. The number of esters is 1. The van der Waals surface area contributed by atoms with Gasteiger partial charge in [0.2, 0.25) is 0 Å². The van der Waals surface area contributed by atoms with E-state index in [0.717, 1.165) is 5.56 Å². The van der Waals surface area contributed by atoms with Crippen LogP contribution in [0.1, 0.15) is 17.0 Å². The van der Waals surface area contributed by atoms with Gasteiger partial charge >= 0.3 is 5.97 Å². The van der Waals surface area contributed by atoms with E-state index in [1.165, 1.54) is 24.3 Å². The molecule has 1 atom stereocenters. The molecule has 1 aliphatic heterocycles. The summed E-state index contributed by atoms with van der Waals surface area (Å²) in [7, 11) is 0. The zero-order valence-electron chi connectivity index (χ0n) is 9.33. The van der Waals surface area contributed by atoms with Gasteiger partial charge in [-0.05, 0) is 35.9 Å². The Hall–Kier alpha value is -2.49. The highest BCUT2D eigenvalue weighted by atomic mass is 16.5. The Morgan fingerprint density at radius 3 is 2.33 bits per heavy atom. The van der Waals surface area contributed by atoms with E-state index in [4.69, 9.17) is 4.74 Å². The summed E-state index contributed by atoms with van der Waals surface area (Å²) in [5.74, 6) is -0.220. The topological polar surface area (TPSA) is 66.8 Å². The van der Waals surface area contributed by atoms with Crippen molar-refractivity contribution >= 4 is 5.97 Å². The molecule has 0 aliphatic carbocycles. The number of fused-ring (bicyclic) bond motifs is 1. The average molecular weight is 242 g/mol. The minimum absolute atomic E-state index is 0.0934. The van der Waals surface area contributed by atoms with Gasteiger partial charge in [0.1, 0.15) is 23.2 Å². The fourth-order valence-electron chi connectivity index (χ4n) is 2.13. The molecular weight excluding hydrogens is 232 g/mol. The standard InChI is InChI=1S/C14H10O4/c15-9-3-1-8(2-4-9)13-11-7-10(16)5-6-12(11)18-14(13)17/h1-7,13,15-16H. The molecule has 2 aromatic rings. The number of hydrogen-bond donors (Lipinski definition) is 2. The van der Waals surface area contributed by atoms with Crippen LogP contribution >= 0.6 is 0 Å². The summed E-state index contributed by atoms with van der Waals surface area (Å²) >= 11 is 0. The lowest BCUT2D eigenvalue weighted by atomic mass is 9.92. The third kappa shape index (κ3) is 1.59. The largest absolute Gasteiger partial charge is 0.508 e. The summed E-state index contributed by atoms with van der Waals surface area (Å²) in [6, 6.07) is 10.9. The SMILES string of the molecule is O=C1Oc2ccc(O)cc2C1c1ccc(O)cc1. The second-order valence-electron chi connectivity index (χ2n) is 4.17. The van der Waals surface area contributed by atoms with Gasteiger partial charge in [-0.25, -0.2) is 0 Å². The maximum absolute atomic E-state index is 11.9. The molecule has 1 aliphatic rings. The molecule has 18 heavy (non-hydrogen) atoms. The van der Waals surface area contributed by atoms with Crippen LogP contribution in [0, 0.1) is 0 Å². The van der Waals surface area contributed by atoms with Gasteiger partial charge in [0.05, 0.1) is 0 Å². The molecule has 2 N–H and O–H groups in total. The average Bonchev–Trinajstić information content (AvgIpc) is 2.66. The first-order valence-corrected chi connectivity index (χ1v) is 5.49. The Kier molecular flexibility index (Phi) is 2.23. The molecule has 0 spiro atoms. The zero-order chi connectivity index (χ0) is 12.7. The molecule has 0 fully saturated rings. The molecule has 1 unspecified atom stereocenters. The second kappa shape index (κ2) is 3.77. The number of benzene rings is 2. The predicted molar refractivity (Wildman–Crippen MR) is 63.7 cm³/mol. The number of hydrogen-bond acceptors (Lipinski definition) is 4. The third-order valence-corrected chi connectivity index (χ3v) is 2.98. The normalized spacial score (nSPS) is 17.3.